The molecule has 1 N–H and O–H groups in total. The number of nitrogens with one attached hydrogen (secondary N) is 1. The summed E-state index contributed by atoms with van der Waals surface area (Å²) in [5, 5.41) is 13.0. The van der Waals surface area contributed by atoms with Gasteiger partial charge in [-0.3, -0.25) is 0 Å². The zero-order chi connectivity index (χ0) is 20.5. The van der Waals surface area contributed by atoms with Crippen LogP contribution >= 0.6 is 0 Å². The van der Waals surface area contributed by atoms with Crippen molar-refractivity contribution < 1.29 is 0 Å². The Kier molecular flexibility index (Phi) is 4.44. The van der Waals surface area contributed by atoms with E-state index in [0.29, 0.717) is 6.54 Å². The third-order valence-electron chi connectivity index (χ3n) is 4.92. The first kappa shape index (κ1) is 18.0. The molecule has 0 fully saturated rings. The molecule has 0 radical (unpaired) electrons. The molecule has 3 aromatic heterocycles. The summed E-state index contributed by atoms with van der Waals surface area (Å²) in [6, 6.07) is 18.2. The van der Waals surface area contributed by atoms with Crippen LogP contribution in [-0.4, -0.2) is 44.0 Å². The van der Waals surface area contributed by atoms with Gasteiger partial charge in [-0.15, -0.1) is 5.10 Å². The number of pyridine rings is 1. The number of fused-ring (bicyclic) bond motifs is 2. The van der Waals surface area contributed by atoms with Crippen LogP contribution in [0, 0.1) is 0 Å². The van der Waals surface area contributed by atoms with Gasteiger partial charge in [-0.25, -0.2) is 19.6 Å². The predicted molar refractivity (Wildman–Crippen MR) is 118 cm³/mol. The fraction of sp³-hybridized carbons (Fsp3) is 0.136. The summed E-state index contributed by atoms with van der Waals surface area (Å²) in [4.78, 5) is 15.1. The molecule has 0 atom stereocenters. The van der Waals surface area contributed by atoms with Crippen LogP contribution in [0.4, 0.5) is 17.3 Å². The van der Waals surface area contributed by atoms with Crippen molar-refractivity contribution in [2.75, 3.05) is 24.3 Å². The molecule has 148 valence electrons. The van der Waals surface area contributed by atoms with Crippen molar-refractivity contribution in [3.05, 3.63) is 72.7 Å². The highest BCUT2D eigenvalue weighted by Crippen LogP contribution is 2.26. The van der Waals surface area contributed by atoms with Gasteiger partial charge < -0.3 is 10.2 Å². The van der Waals surface area contributed by atoms with Crippen molar-refractivity contribution in [3.63, 3.8) is 0 Å². The molecule has 8 heteroatoms. The van der Waals surface area contributed by atoms with E-state index in [1.54, 1.807) is 6.20 Å². The standard InChI is InChI=1S/C22H20N8/c1-29(2)21-11-17-19(12-23-21)24-14-25-22(17)26-16-8-9-20-18(10-16)27-28-30(20)13-15-6-4-3-5-7-15/h3-12,14H,13H2,1-2H3,(H,24,25,26). The first-order chi connectivity index (χ1) is 14.7. The van der Waals surface area contributed by atoms with Gasteiger partial charge in [-0.2, -0.15) is 0 Å². The molecule has 0 unspecified atom stereocenters. The van der Waals surface area contributed by atoms with Crippen molar-refractivity contribution in [2.45, 2.75) is 6.54 Å². The number of rotatable bonds is 5. The molecule has 0 saturated heterocycles. The minimum Gasteiger partial charge on any atom is -0.363 e. The van der Waals surface area contributed by atoms with Gasteiger partial charge in [-0.05, 0) is 29.8 Å². The predicted octanol–water partition coefficient (Wildman–Crippen LogP) is 3.63. The summed E-state index contributed by atoms with van der Waals surface area (Å²) in [6.45, 7) is 0.682. The average Bonchev–Trinajstić information content (AvgIpc) is 3.16. The Morgan fingerprint density at radius 1 is 0.933 bits per heavy atom. The fourth-order valence-corrected chi connectivity index (χ4v) is 3.35. The summed E-state index contributed by atoms with van der Waals surface area (Å²) < 4.78 is 1.91. The van der Waals surface area contributed by atoms with Gasteiger partial charge in [0.15, 0.2) is 0 Å². The van der Waals surface area contributed by atoms with Crippen LogP contribution in [0.25, 0.3) is 21.9 Å². The number of anilines is 3. The molecule has 30 heavy (non-hydrogen) atoms. The number of benzene rings is 2. The molecule has 3 heterocycles. The van der Waals surface area contributed by atoms with E-state index < -0.39 is 0 Å². The monoisotopic (exact) mass is 396 g/mol. The van der Waals surface area contributed by atoms with Crippen molar-refractivity contribution in [2.24, 2.45) is 0 Å². The van der Waals surface area contributed by atoms with Crippen LogP contribution in [0.2, 0.25) is 0 Å². The minimum atomic E-state index is 0.682. The molecule has 0 aliphatic heterocycles. The van der Waals surface area contributed by atoms with Gasteiger partial charge in [-0.1, -0.05) is 35.5 Å². The van der Waals surface area contributed by atoms with Crippen molar-refractivity contribution >= 4 is 39.3 Å². The number of aromatic nitrogens is 6. The van der Waals surface area contributed by atoms with Gasteiger partial charge >= 0.3 is 0 Å². The summed E-state index contributed by atoms with van der Waals surface area (Å²) in [7, 11) is 3.91. The fourth-order valence-electron chi connectivity index (χ4n) is 3.35. The van der Waals surface area contributed by atoms with Crippen LogP contribution in [0.3, 0.4) is 0 Å². The zero-order valence-corrected chi connectivity index (χ0v) is 16.7. The molecule has 0 aliphatic rings. The molecule has 8 nitrogen and oxygen atoms in total. The van der Waals surface area contributed by atoms with E-state index in [9.17, 15) is 0 Å². The van der Waals surface area contributed by atoms with Crippen LogP contribution in [-0.2, 0) is 6.54 Å². The average molecular weight is 396 g/mol. The maximum Gasteiger partial charge on any atom is 0.141 e. The van der Waals surface area contributed by atoms with Gasteiger partial charge in [0.05, 0.1) is 23.8 Å². The lowest BCUT2D eigenvalue weighted by Gasteiger charge is -2.13. The van der Waals surface area contributed by atoms with Crippen LogP contribution in [0.1, 0.15) is 5.56 Å². The van der Waals surface area contributed by atoms with E-state index in [1.165, 1.54) is 11.9 Å². The Bertz CT molecular complexity index is 1330. The first-order valence-electron chi connectivity index (χ1n) is 9.60. The zero-order valence-electron chi connectivity index (χ0n) is 16.7. The van der Waals surface area contributed by atoms with Crippen LogP contribution < -0.4 is 10.2 Å². The Labute approximate surface area is 173 Å². The maximum absolute atomic E-state index is 4.43. The maximum atomic E-state index is 4.43. The lowest BCUT2D eigenvalue weighted by Crippen LogP contribution is -2.10. The smallest absolute Gasteiger partial charge is 0.141 e. The molecular weight excluding hydrogens is 376 g/mol. The lowest BCUT2D eigenvalue weighted by molar-refractivity contribution is 0.670. The van der Waals surface area contributed by atoms with E-state index in [2.05, 4.69) is 42.7 Å². The Hall–Kier alpha value is -4.07. The Morgan fingerprint density at radius 3 is 2.63 bits per heavy atom. The van der Waals surface area contributed by atoms with Crippen molar-refractivity contribution in [3.8, 4) is 0 Å². The molecule has 5 aromatic rings. The Balaban J connectivity index is 1.47. The van der Waals surface area contributed by atoms with E-state index in [4.69, 9.17) is 0 Å². The third-order valence-corrected chi connectivity index (χ3v) is 4.92. The molecule has 0 bridgehead atoms. The highest BCUT2D eigenvalue weighted by molar-refractivity contribution is 5.92. The topological polar surface area (TPSA) is 84.6 Å². The molecular formula is C22H20N8. The number of nitrogens with zero attached hydrogens (tertiary/aromatic N) is 7. The lowest BCUT2D eigenvalue weighted by atomic mass is 10.2. The summed E-state index contributed by atoms with van der Waals surface area (Å²) in [5.41, 5.74) is 4.66. The SMILES string of the molecule is CN(C)c1cc2c(Nc3ccc4c(c3)nnn4Cc3ccccc3)ncnc2cn1. The van der Waals surface area contributed by atoms with Crippen LogP contribution in [0.15, 0.2) is 67.1 Å². The molecule has 0 amide bonds. The molecule has 0 aliphatic carbocycles. The third kappa shape index (κ3) is 3.39. The number of hydrogen-bond donors (Lipinski definition) is 1. The normalized spacial score (nSPS) is 11.1. The van der Waals surface area contributed by atoms with Crippen molar-refractivity contribution in [1.82, 2.24) is 29.9 Å². The van der Waals surface area contributed by atoms with E-state index >= 15 is 0 Å². The van der Waals surface area contributed by atoms with Gasteiger partial charge in [0.1, 0.15) is 23.5 Å². The highest BCUT2D eigenvalue weighted by Gasteiger charge is 2.10. The van der Waals surface area contributed by atoms with E-state index in [1.807, 2.05) is 66.1 Å². The van der Waals surface area contributed by atoms with Gasteiger partial charge in [0.25, 0.3) is 0 Å². The molecule has 5 rings (SSSR count). The second-order valence-corrected chi connectivity index (χ2v) is 7.24. The molecule has 0 spiro atoms. The largest absolute Gasteiger partial charge is 0.363 e. The number of hydrogen-bond acceptors (Lipinski definition) is 7. The summed E-state index contributed by atoms with van der Waals surface area (Å²) >= 11 is 0. The van der Waals surface area contributed by atoms with Crippen LogP contribution in [0.5, 0.6) is 0 Å². The highest BCUT2D eigenvalue weighted by atomic mass is 15.4. The second-order valence-electron chi connectivity index (χ2n) is 7.24. The minimum absolute atomic E-state index is 0.682. The van der Waals surface area contributed by atoms with E-state index in [-0.39, 0.29) is 0 Å². The second kappa shape index (κ2) is 7.40. The summed E-state index contributed by atoms with van der Waals surface area (Å²) in [5.74, 6) is 1.57. The summed E-state index contributed by atoms with van der Waals surface area (Å²) in [6.07, 6.45) is 3.30. The Morgan fingerprint density at radius 2 is 1.80 bits per heavy atom. The first-order valence-corrected chi connectivity index (χ1v) is 9.60. The molecule has 0 saturated carbocycles. The van der Waals surface area contributed by atoms with Crippen molar-refractivity contribution in [1.29, 1.82) is 0 Å². The van der Waals surface area contributed by atoms with E-state index in [0.717, 1.165) is 39.3 Å². The van der Waals surface area contributed by atoms with Gasteiger partial charge in [0.2, 0.25) is 0 Å². The van der Waals surface area contributed by atoms with Gasteiger partial charge in [0, 0.05) is 25.2 Å². The molecule has 2 aromatic carbocycles. The quantitative estimate of drug-likeness (QED) is 0.486.